The van der Waals surface area contributed by atoms with Gasteiger partial charge in [0.25, 0.3) is 0 Å². The van der Waals surface area contributed by atoms with Crippen molar-refractivity contribution >= 4 is 16.9 Å². The molecule has 1 N–H and O–H groups in total. The number of fused-ring (bicyclic) bond motifs is 1. The SMILES string of the molecule is CC(C)(c1cccc(C(=O)O)n1)c1cccc(-c2cc3ccccc3nc2F)n1. The highest BCUT2D eigenvalue weighted by molar-refractivity contribution is 5.85. The second-order valence-corrected chi connectivity index (χ2v) is 7.27. The van der Waals surface area contributed by atoms with Gasteiger partial charge in [-0.05, 0) is 50.2 Å². The molecule has 0 unspecified atom stereocenters. The van der Waals surface area contributed by atoms with Crippen molar-refractivity contribution in [3.05, 3.63) is 89.8 Å². The lowest BCUT2D eigenvalue weighted by Gasteiger charge is -2.24. The molecule has 0 spiro atoms. The van der Waals surface area contributed by atoms with Gasteiger partial charge in [-0.2, -0.15) is 4.39 Å². The maximum atomic E-state index is 14.7. The molecule has 144 valence electrons. The summed E-state index contributed by atoms with van der Waals surface area (Å²) >= 11 is 0. The van der Waals surface area contributed by atoms with Crippen LogP contribution in [0.5, 0.6) is 0 Å². The summed E-state index contributed by atoms with van der Waals surface area (Å²) in [6.45, 7) is 3.81. The minimum Gasteiger partial charge on any atom is -0.477 e. The molecule has 0 saturated heterocycles. The Morgan fingerprint density at radius 1 is 0.897 bits per heavy atom. The molecule has 0 radical (unpaired) electrons. The molecule has 0 aliphatic carbocycles. The molecule has 4 rings (SSSR count). The average molecular weight is 387 g/mol. The van der Waals surface area contributed by atoms with Crippen LogP contribution in [0.3, 0.4) is 0 Å². The average Bonchev–Trinajstić information content (AvgIpc) is 2.73. The molecule has 4 aromatic rings. The monoisotopic (exact) mass is 387 g/mol. The lowest BCUT2D eigenvalue weighted by atomic mass is 9.84. The first-order valence-electron chi connectivity index (χ1n) is 9.10. The lowest BCUT2D eigenvalue weighted by molar-refractivity contribution is 0.0690. The Morgan fingerprint density at radius 2 is 1.59 bits per heavy atom. The Bertz CT molecular complexity index is 1240. The summed E-state index contributed by atoms with van der Waals surface area (Å²) < 4.78 is 14.7. The quantitative estimate of drug-likeness (QED) is 0.506. The highest BCUT2D eigenvalue weighted by Gasteiger charge is 2.28. The number of carboxylic acids is 1. The summed E-state index contributed by atoms with van der Waals surface area (Å²) in [4.78, 5) is 24.2. The number of halogens is 1. The summed E-state index contributed by atoms with van der Waals surface area (Å²) in [6.07, 6.45) is 0. The molecule has 0 fully saturated rings. The van der Waals surface area contributed by atoms with E-state index in [4.69, 9.17) is 0 Å². The molecule has 3 aromatic heterocycles. The van der Waals surface area contributed by atoms with Gasteiger partial charge < -0.3 is 5.11 Å². The van der Waals surface area contributed by atoms with Crippen LogP contribution < -0.4 is 0 Å². The number of carbonyl (C=O) groups is 1. The molecule has 3 heterocycles. The van der Waals surface area contributed by atoms with Crippen molar-refractivity contribution in [2.24, 2.45) is 0 Å². The second-order valence-electron chi connectivity index (χ2n) is 7.27. The van der Waals surface area contributed by atoms with Crippen molar-refractivity contribution in [2.45, 2.75) is 19.3 Å². The Kier molecular flexibility index (Phi) is 4.54. The topological polar surface area (TPSA) is 76.0 Å². The fourth-order valence-corrected chi connectivity index (χ4v) is 3.24. The fraction of sp³-hybridized carbons (Fsp3) is 0.130. The van der Waals surface area contributed by atoms with Gasteiger partial charge in [0.05, 0.1) is 28.2 Å². The van der Waals surface area contributed by atoms with Gasteiger partial charge in [-0.15, -0.1) is 0 Å². The van der Waals surface area contributed by atoms with Crippen LogP contribution in [0.2, 0.25) is 0 Å². The van der Waals surface area contributed by atoms with E-state index in [0.717, 1.165) is 5.39 Å². The smallest absolute Gasteiger partial charge is 0.354 e. The van der Waals surface area contributed by atoms with Crippen LogP contribution in [-0.2, 0) is 5.41 Å². The second kappa shape index (κ2) is 7.05. The third-order valence-electron chi connectivity index (χ3n) is 4.95. The molecule has 29 heavy (non-hydrogen) atoms. The van der Waals surface area contributed by atoms with Crippen LogP contribution in [0.25, 0.3) is 22.2 Å². The Hall–Kier alpha value is -3.67. The summed E-state index contributed by atoms with van der Waals surface area (Å²) in [7, 11) is 0. The number of carboxylic acid groups (broad SMARTS) is 1. The van der Waals surface area contributed by atoms with Gasteiger partial charge in [0, 0.05) is 10.8 Å². The van der Waals surface area contributed by atoms with Crippen LogP contribution in [0.4, 0.5) is 4.39 Å². The number of aromatic nitrogens is 3. The first-order chi connectivity index (χ1) is 13.9. The largest absolute Gasteiger partial charge is 0.477 e. The van der Waals surface area contributed by atoms with Crippen molar-refractivity contribution < 1.29 is 14.3 Å². The number of aromatic carboxylic acids is 1. The maximum absolute atomic E-state index is 14.7. The zero-order valence-electron chi connectivity index (χ0n) is 15.9. The van der Waals surface area contributed by atoms with Gasteiger partial charge in [0.15, 0.2) is 0 Å². The van der Waals surface area contributed by atoms with E-state index in [1.54, 1.807) is 36.4 Å². The van der Waals surface area contributed by atoms with Gasteiger partial charge in [-0.3, -0.25) is 4.98 Å². The maximum Gasteiger partial charge on any atom is 0.354 e. The lowest BCUT2D eigenvalue weighted by Crippen LogP contribution is -2.23. The van der Waals surface area contributed by atoms with Crippen molar-refractivity contribution in [2.75, 3.05) is 0 Å². The number of nitrogens with zero attached hydrogens (tertiary/aromatic N) is 3. The first-order valence-corrected chi connectivity index (χ1v) is 9.10. The Labute approximate surface area is 166 Å². The molecule has 6 heteroatoms. The van der Waals surface area contributed by atoms with Gasteiger partial charge in [-0.25, -0.2) is 14.8 Å². The first kappa shape index (κ1) is 18.7. The summed E-state index contributed by atoms with van der Waals surface area (Å²) in [5.41, 5.74) is 1.87. The van der Waals surface area contributed by atoms with Crippen molar-refractivity contribution in [3.63, 3.8) is 0 Å². The number of para-hydroxylation sites is 1. The normalized spacial score (nSPS) is 11.6. The summed E-state index contributed by atoms with van der Waals surface area (Å²) in [5.74, 6) is -1.68. The Balaban J connectivity index is 1.80. The van der Waals surface area contributed by atoms with Gasteiger partial charge in [0.2, 0.25) is 5.95 Å². The third-order valence-corrected chi connectivity index (χ3v) is 4.95. The molecular weight excluding hydrogens is 369 g/mol. The molecule has 5 nitrogen and oxygen atoms in total. The van der Waals surface area contributed by atoms with Gasteiger partial charge in [0.1, 0.15) is 5.69 Å². The van der Waals surface area contributed by atoms with Crippen molar-refractivity contribution in [3.8, 4) is 11.3 Å². The van der Waals surface area contributed by atoms with Crippen LogP contribution >= 0.6 is 0 Å². The predicted molar refractivity (Wildman–Crippen MR) is 108 cm³/mol. The molecule has 1 aromatic carbocycles. The number of pyridine rings is 3. The fourth-order valence-electron chi connectivity index (χ4n) is 3.24. The zero-order valence-corrected chi connectivity index (χ0v) is 15.9. The highest BCUT2D eigenvalue weighted by Crippen LogP contribution is 2.31. The molecule has 0 aliphatic heterocycles. The number of hydrogen-bond acceptors (Lipinski definition) is 4. The summed E-state index contributed by atoms with van der Waals surface area (Å²) in [5, 5.41) is 10.1. The molecule has 0 amide bonds. The van der Waals surface area contributed by atoms with E-state index in [2.05, 4.69) is 15.0 Å². The van der Waals surface area contributed by atoms with Gasteiger partial charge in [-0.1, -0.05) is 30.3 Å². The minimum atomic E-state index is -1.09. The van der Waals surface area contributed by atoms with E-state index in [1.807, 2.05) is 38.1 Å². The van der Waals surface area contributed by atoms with Gasteiger partial charge >= 0.3 is 5.97 Å². The number of hydrogen-bond donors (Lipinski definition) is 1. The molecule has 0 bridgehead atoms. The van der Waals surface area contributed by atoms with E-state index in [0.29, 0.717) is 28.2 Å². The minimum absolute atomic E-state index is 0.0310. The predicted octanol–water partition coefficient (Wildman–Crippen LogP) is 4.86. The summed E-state index contributed by atoms with van der Waals surface area (Å²) in [6, 6.07) is 19.3. The molecular formula is C23H18FN3O2. The van der Waals surface area contributed by atoms with Crippen molar-refractivity contribution in [1.29, 1.82) is 0 Å². The van der Waals surface area contributed by atoms with Crippen LogP contribution in [0.1, 0.15) is 35.7 Å². The molecule has 0 saturated carbocycles. The molecule has 0 atom stereocenters. The third kappa shape index (κ3) is 3.45. The van der Waals surface area contributed by atoms with E-state index >= 15 is 0 Å². The highest BCUT2D eigenvalue weighted by atomic mass is 19.1. The Morgan fingerprint density at radius 3 is 2.34 bits per heavy atom. The number of rotatable bonds is 4. The van der Waals surface area contributed by atoms with E-state index in [9.17, 15) is 14.3 Å². The van der Waals surface area contributed by atoms with E-state index in [-0.39, 0.29) is 5.69 Å². The van der Waals surface area contributed by atoms with E-state index in [1.165, 1.54) is 6.07 Å². The van der Waals surface area contributed by atoms with Crippen LogP contribution in [-0.4, -0.2) is 26.0 Å². The van der Waals surface area contributed by atoms with Crippen LogP contribution in [0.15, 0.2) is 66.7 Å². The standard InChI is InChI=1S/C23H18FN3O2/c1-23(2,20-12-6-10-18(26-20)22(28)29)19-11-5-9-17(25-19)15-13-14-7-3-4-8-16(14)27-21(15)24/h3-13H,1-2H3,(H,28,29). The zero-order chi connectivity index (χ0) is 20.6. The number of benzene rings is 1. The van der Waals surface area contributed by atoms with Crippen LogP contribution in [0, 0.1) is 5.95 Å². The molecule has 0 aliphatic rings. The van der Waals surface area contributed by atoms with Crippen molar-refractivity contribution in [1.82, 2.24) is 15.0 Å². The van der Waals surface area contributed by atoms with E-state index < -0.39 is 17.3 Å².